The lowest BCUT2D eigenvalue weighted by Crippen LogP contribution is -2.54. The van der Waals surface area contributed by atoms with Crippen LogP contribution in [-0.2, 0) is 0 Å². The number of alkyl halides is 1. The Morgan fingerprint density at radius 2 is 1.88 bits per heavy atom. The predicted molar refractivity (Wildman–Crippen MR) is 110 cm³/mol. The summed E-state index contributed by atoms with van der Waals surface area (Å²) in [5.41, 5.74) is 4.54. The van der Waals surface area contributed by atoms with Crippen LogP contribution in [0.5, 0.6) is 0 Å². The molecule has 0 aromatic rings. The van der Waals surface area contributed by atoms with Crippen LogP contribution in [0.2, 0.25) is 0 Å². The Labute approximate surface area is 164 Å². The van der Waals surface area contributed by atoms with E-state index in [9.17, 15) is 0 Å². The molecule has 3 unspecified atom stereocenters. The van der Waals surface area contributed by atoms with Crippen LogP contribution in [0.3, 0.4) is 0 Å². The first-order chi connectivity index (χ1) is 12.5. The van der Waals surface area contributed by atoms with Crippen LogP contribution in [0.15, 0.2) is 24.7 Å². The minimum atomic E-state index is 0.233. The minimum Gasteiger partial charge on any atom is -0.370 e. The molecule has 0 radical (unpaired) electrons. The van der Waals surface area contributed by atoms with Crippen molar-refractivity contribution in [1.82, 2.24) is 21.1 Å². The maximum atomic E-state index is 6.37. The van der Waals surface area contributed by atoms with Gasteiger partial charge in [0.1, 0.15) is 0 Å². The highest BCUT2D eigenvalue weighted by molar-refractivity contribution is 6.20. The van der Waals surface area contributed by atoms with Crippen molar-refractivity contribution in [2.24, 2.45) is 11.8 Å². The van der Waals surface area contributed by atoms with Crippen LogP contribution in [0.25, 0.3) is 0 Å². The molecule has 148 valence electrons. The van der Waals surface area contributed by atoms with Gasteiger partial charge in [-0.3, -0.25) is 0 Å². The lowest BCUT2D eigenvalue weighted by atomic mass is 9.76. The van der Waals surface area contributed by atoms with E-state index in [4.69, 9.17) is 11.6 Å². The highest BCUT2D eigenvalue weighted by Gasteiger charge is 2.27. The summed E-state index contributed by atoms with van der Waals surface area (Å²) in [7, 11) is 2.02. The van der Waals surface area contributed by atoms with Crippen molar-refractivity contribution < 1.29 is 0 Å². The van der Waals surface area contributed by atoms with Gasteiger partial charge in [0.05, 0.1) is 12.0 Å². The first kappa shape index (κ1) is 19.9. The number of halogens is 1. The van der Waals surface area contributed by atoms with Crippen molar-refractivity contribution in [3.63, 3.8) is 0 Å². The lowest BCUT2D eigenvalue weighted by Gasteiger charge is -2.37. The second-order valence-electron chi connectivity index (χ2n) is 8.70. The Bertz CT molecular complexity index is 486. The van der Waals surface area contributed by atoms with Crippen molar-refractivity contribution in [3.8, 4) is 0 Å². The quantitative estimate of drug-likeness (QED) is 0.595. The van der Waals surface area contributed by atoms with Crippen LogP contribution in [0, 0.1) is 11.8 Å². The number of allylic oxidation sites excluding steroid dienone is 1. The van der Waals surface area contributed by atoms with Gasteiger partial charge in [-0.15, -0.1) is 11.6 Å². The first-order valence-corrected chi connectivity index (χ1v) is 11.0. The Hall–Kier alpha value is -0.870. The third-order valence-electron chi connectivity index (χ3n) is 6.50. The normalized spacial score (nSPS) is 35.8. The van der Waals surface area contributed by atoms with E-state index >= 15 is 0 Å². The molecule has 1 aliphatic heterocycles. The molecule has 0 spiro atoms. The summed E-state index contributed by atoms with van der Waals surface area (Å²) in [5.74, 6) is 2.73. The van der Waals surface area contributed by atoms with E-state index in [1.165, 1.54) is 57.8 Å². The number of rotatable bonds is 6. The molecule has 1 heterocycles. The molecule has 2 aliphatic carbocycles. The van der Waals surface area contributed by atoms with Crippen molar-refractivity contribution in [1.29, 1.82) is 0 Å². The van der Waals surface area contributed by atoms with Crippen molar-refractivity contribution in [2.45, 2.75) is 88.2 Å². The van der Waals surface area contributed by atoms with E-state index in [1.54, 1.807) is 0 Å². The first-order valence-electron chi connectivity index (χ1n) is 10.5. The zero-order chi connectivity index (χ0) is 18.5. The van der Waals surface area contributed by atoms with Crippen molar-refractivity contribution >= 4 is 11.6 Å². The SMILES string of the molecule is C=C(NC1CCC(CC2CCCC(Cl)C2)CC1)NC1CCC(=C)N(C)N1. The molecule has 3 rings (SSSR count). The zero-order valence-corrected chi connectivity index (χ0v) is 17.2. The summed E-state index contributed by atoms with van der Waals surface area (Å²) in [6.45, 7) is 8.24. The maximum absolute atomic E-state index is 6.37. The van der Waals surface area contributed by atoms with Crippen molar-refractivity contribution in [3.05, 3.63) is 24.7 Å². The van der Waals surface area contributed by atoms with E-state index in [2.05, 4.69) is 29.2 Å². The van der Waals surface area contributed by atoms with Crippen LogP contribution in [0.1, 0.15) is 70.6 Å². The number of nitrogens with one attached hydrogen (secondary N) is 3. The van der Waals surface area contributed by atoms with Crippen LogP contribution >= 0.6 is 11.6 Å². The molecule has 1 saturated heterocycles. The predicted octanol–water partition coefficient (Wildman–Crippen LogP) is 4.45. The highest BCUT2D eigenvalue weighted by atomic mass is 35.5. The standard InChI is InChI=1S/C21H37ClN4/c1-15-7-12-21(25-26(15)3)24-16(2)23-20-10-8-17(9-11-20)13-18-5-4-6-19(22)14-18/h17-21,23-25H,1-2,4-14H2,3H3. The summed E-state index contributed by atoms with van der Waals surface area (Å²) >= 11 is 6.37. The Balaban J connectivity index is 1.33. The summed E-state index contributed by atoms with van der Waals surface area (Å²) < 4.78 is 0. The highest BCUT2D eigenvalue weighted by Crippen LogP contribution is 2.36. The molecule has 2 saturated carbocycles. The molecule has 3 fully saturated rings. The molecule has 4 nitrogen and oxygen atoms in total. The summed E-state index contributed by atoms with van der Waals surface area (Å²) in [6.07, 6.45) is 14.1. The number of nitrogens with zero attached hydrogens (tertiary/aromatic N) is 1. The van der Waals surface area contributed by atoms with Crippen molar-refractivity contribution in [2.75, 3.05) is 7.05 Å². The second-order valence-corrected chi connectivity index (χ2v) is 9.31. The number of hydrazine groups is 1. The topological polar surface area (TPSA) is 39.3 Å². The average Bonchev–Trinajstić information content (AvgIpc) is 2.60. The third kappa shape index (κ3) is 5.82. The Kier molecular flexibility index (Phi) is 7.16. The second kappa shape index (κ2) is 9.36. The largest absolute Gasteiger partial charge is 0.370 e. The van der Waals surface area contributed by atoms with Gasteiger partial charge in [-0.1, -0.05) is 26.0 Å². The van der Waals surface area contributed by atoms with E-state index in [1.807, 2.05) is 12.1 Å². The van der Waals surface area contributed by atoms with Crippen LogP contribution in [0.4, 0.5) is 0 Å². The molecule has 26 heavy (non-hydrogen) atoms. The smallest absolute Gasteiger partial charge is 0.0957 e. The molecule has 0 bridgehead atoms. The fraction of sp³-hybridized carbons (Fsp3) is 0.810. The fourth-order valence-corrected chi connectivity index (χ4v) is 5.33. The Morgan fingerprint density at radius 3 is 2.58 bits per heavy atom. The van der Waals surface area contributed by atoms with Gasteiger partial charge in [-0.2, -0.15) is 0 Å². The molecular weight excluding hydrogens is 344 g/mol. The molecule has 0 aromatic heterocycles. The van der Waals surface area contributed by atoms with Gasteiger partial charge >= 0.3 is 0 Å². The van der Waals surface area contributed by atoms with Gasteiger partial charge in [0.2, 0.25) is 0 Å². The van der Waals surface area contributed by atoms with E-state index in [0.717, 1.165) is 36.2 Å². The maximum Gasteiger partial charge on any atom is 0.0957 e. The van der Waals surface area contributed by atoms with Gasteiger partial charge in [-0.25, -0.2) is 5.43 Å². The van der Waals surface area contributed by atoms with Gasteiger partial charge in [0, 0.05) is 24.2 Å². The van der Waals surface area contributed by atoms with Gasteiger partial charge < -0.3 is 15.6 Å². The van der Waals surface area contributed by atoms with E-state index in [-0.39, 0.29) is 6.17 Å². The summed E-state index contributed by atoms with van der Waals surface area (Å²) in [6, 6.07) is 0.565. The van der Waals surface area contributed by atoms with Crippen LogP contribution < -0.4 is 16.1 Å². The summed E-state index contributed by atoms with van der Waals surface area (Å²) in [5, 5.41) is 9.55. The molecule has 3 atom stereocenters. The Morgan fingerprint density at radius 1 is 1.12 bits per heavy atom. The molecule has 5 heteroatoms. The molecule has 3 aliphatic rings. The molecule has 3 N–H and O–H groups in total. The van der Waals surface area contributed by atoms with Crippen LogP contribution in [-0.4, -0.2) is 29.6 Å². The van der Waals surface area contributed by atoms with Gasteiger partial charge in [0.25, 0.3) is 0 Å². The number of hydrogen-bond acceptors (Lipinski definition) is 4. The third-order valence-corrected chi connectivity index (χ3v) is 6.90. The molecule has 0 amide bonds. The molecular formula is C21H37ClN4. The average molecular weight is 381 g/mol. The fourth-order valence-electron chi connectivity index (χ4n) is 4.92. The minimum absolute atomic E-state index is 0.233. The van der Waals surface area contributed by atoms with Gasteiger partial charge in [0.15, 0.2) is 0 Å². The van der Waals surface area contributed by atoms with Gasteiger partial charge in [-0.05, 0) is 69.6 Å². The van der Waals surface area contributed by atoms with E-state index in [0.29, 0.717) is 11.4 Å². The van der Waals surface area contributed by atoms with E-state index < -0.39 is 0 Å². The monoisotopic (exact) mass is 380 g/mol. The lowest BCUT2D eigenvalue weighted by molar-refractivity contribution is 0.177. The zero-order valence-electron chi connectivity index (χ0n) is 16.4. The molecule has 0 aromatic carbocycles. The summed E-state index contributed by atoms with van der Waals surface area (Å²) in [4.78, 5) is 0. The number of hydrogen-bond donors (Lipinski definition) is 3.